The summed E-state index contributed by atoms with van der Waals surface area (Å²) in [6.45, 7) is 1.83. The Morgan fingerprint density at radius 1 is 1.35 bits per heavy atom. The Morgan fingerprint density at radius 3 is 2.60 bits per heavy atom. The van der Waals surface area contributed by atoms with Gasteiger partial charge >= 0.3 is 0 Å². The molecule has 0 aliphatic rings. The third-order valence-electron chi connectivity index (χ3n) is 2.58. The first-order valence-electron chi connectivity index (χ1n) is 5.91. The van der Waals surface area contributed by atoms with Crippen LogP contribution in [-0.2, 0) is 4.79 Å². The fourth-order valence-electron chi connectivity index (χ4n) is 1.57. The summed E-state index contributed by atoms with van der Waals surface area (Å²) in [6, 6.07) is 7.17. The van der Waals surface area contributed by atoms with Gasteiger partial charge in [0.05, 0.1) is 10.9 Å². The summed E-state index contributed by atoms with van der Waals surface area (Å²) in [5, 5.41) is 12.5. The molecule has 1 aromatic carbocycles. The lowest BCUT2D eigenvalue weighted by Gasteiger charge is -2.15. The Labute approximate surface area is 126 Å². The van der Waals surface area contributed by atoms with E-state index in [2.05, 4.69) is 15.5 Å². The summed E-state index contributed by atoms with van der Waals surface area (Å²) in [5.41, 5.74) is 0.798. The number of halogens is 1. The molecule has 2 rings (SSSR count). The predicted octanol–water partition coefficient (Wildman–Crippen LogP) is 1.88. The van der Waals surface area contributed by atoms with Crippen LogP contribution in [0.4, 0.5) is 0 Å². The van der Waals surface area contributed by atoms with Crippen LogP contribution in [0.15, 0.2) is 29.4 Å². The van der Waals surface area contributed by atoms with Crippen molar-refractivity contribution in [3.05, 3.63) is 29.3 Å². The molecular weight excluding hydrogens is 298 g/mol. The number of nitrogens with zero attached hydrogens (tertiary/aromatic N) is 5. The van der Waals surface area contributed by atoms with Crippen molar-refractivity contribution in [2.24, 2.45) is 0 Å². The first-order chi connectivity index (χ1) is 9.49. The van der Waals surface area contributed by atoms with Crippen molar-refractivity contribution in [1.82, 2.24) is 25.1 Å². The largest absolute Gasteiger partial charge is 0.348 e. The van der Waals surface area contributed by atoms with Gasteiger partial charge in [-0.15, -0.1) is 5.10 Å². The van der Waals surface area contributed by atoms with Crippen molar-refractivity contribution < 1.29 is 4.79 Å². The summed E-state index contributed by atoms with van der Waals surface area (Å²) >= 11 is 7.17. The number of carbonyl (C=O) groups is 1. The monoisotopic (exact) mass is 311 g/mol. The third-order valence-corrected chi connectivity index (χ3v) is 3.86. The van der Waals surface area contributed by atoms with Crippen molar-refractivity contribution in [3.8, 4) is 5.69 Å². The van der Waals surface area contributed by atoms with Gasteiger partial charge in [0.1, 0.15) is 0 Å². The maximum Gasteiger partial charge on any atom is 0.235 e. The average Bonchev–Trinajstić information content (AvgIpc) is 2.86. The molecular formula is C12H14ClN5OS. The van der Waals surface area contributed by atoms with Crippen LogP contribution in [0.1, 0.15) is 6.92 Å². The Bertz CT molecular complexity index is 598. The Hall–Kier alpha value is -1.60. The number of tetrazole rings is 1. The molecule has 1 amide bonds. The standard InChI is InChI=1S/C12H14ClN5OS/c1-8(11(19)17(2)3)20-12-14-15-16-18(12)10-6-4-9(13)5-7-10/h4-8H,1-3H3. The second-order valence-electron chi connectivity index (χ2n) is 4.34. The zero-order valence-electron chi connectivity index (χ0n) is 11.3. The molecule has 1 atom stereocenters. The van der Waals surface area contributed by atoms with Gasteiger partial charge in [0.25, 0.3) is 0 Å². The van der Waals surface area contributed by atoms with Gasteiger partial charge in [-0.25, -0.2) is 0 Å². The van der Waals surface area contributed by atoms with Crippen LogP contribution in [0.2, 0.25) is 5.02 Å². The SMILES string of the molecule is CC(Sc1nnnn1-c1ccc(Cl)cc1)C(=O)N(C)C. The van der Waals surface area contributed by atoms with Crippen molar-refractivity contribution in [2.45, 2.75) is 17.3 Å². The van der Waals surface area contributed by atoms with E-state index in [1.807, 2.05) is 19.1 Å². The maximum absolute atomic E-state index is 11.9. The second kappa shape index (κ2) is 6.23. The van der Waals surface area contributed by atoms with E-state index in [0.717, 1.165) is 5.69 Å². The molecule has 6 nitrogen and oxygen atoms in total. The predicted molar refractivity (Wildman–Crippen MR) is 78.2 cm³/mol. The Kier molecular flexibility index (Phi) is 4.61. The second-order valence-corrected chi connectivity index (χ2v) is 6.09. The number of benzene rings is 1. The molecule has 0 aliphatic carbocycles. The molecule has 1 aromatic heterocycles. The third kappa shape index (κ3) is 3.29. The minimum atomic E-state index is -0.262. The number of carbonyl (C=O) groups excluding carboxylic acids is 1. The van der Waals surface area contributed by atoms with Crippen molar-refractivity contribution >= 4 is 29.3 Å². The molecule has 0 bridgehead atoms. The molecule has 0 fully saturated rings. The van der Waals surface area contributed by atoms with Crippen molar-refractivity contribution in [2.75, 3.05) is 14.1 Å². The van der Waals surface area contributed by atoms with Gasteiger partial charge in [0.2, 0.25) is 11.1 Å². The first-order valence-corrected chi connectivity index (χ1v) is 7.17. The highest BCUT2D eigenvalue weighted by Crippen LogP contribution is 2.24. The molecule has 2 aromatic rings. The summed E-state index contributed by atoms with van der Waals surface area (Å²) in [5.74, 6) is 0.0145. The number of rotatable bonds is 4. The van der Waals surface area contributed by atoms with E-state index >= 15 is 0 Å². The number of aromatic nitrogens is 4. The quantitative estimate of drug-likeness (QED) is 0.807. The molecule has 8 heteroatoms. The van der Waals surface area contributed by atoms with E-state index in [-0.39, 0.29) is 11.2 Å². The summed E-state index contributed by atoms with van der Waals surface area (Å²) in [6.07, 6.45) is 0. The molecule has 106 valence electrons. The molecule has 0 saturated carbocycles. The molecule has 0 radical (unpaired) electrons. The van der Waals surface area contributed by atoms with Crippen molar-refractivity contribution in [1.29, 1.82) is 0 Å². The van der Waals surface area contributed by atoms with Gasteiger partial charge in [-0.3, -0.25) is 4.79 Å². The number of thioether (sulfide) groups is 1. The van der Waals surface area contributed by atoms with Gasteiger partial charge in [-0.05, 0) is 41.6 Å². The van der Waals surface area contributed by atoms with Crippen molar-refractivity contribution in [3.63, 3.8) is 0 Å². The Morgan fingerprint density at radius 2 is 2.00 bits per heavy atom. The fraction of sp³-hybridized carbons (Fsp3) is 0.333. The lowest BCUT2D eigenvalue weighted by atomic mass is 10.3. The molecule has 0 saturated heterocycles. The summed E-state index contributed by atoms with van der Waals surface area (Å²) < 4.78 is 1.58. The Balaban J connectivity index is 2.21. The van der Waals surface area contributed by atoms with Crippen LogP contribution < -0.4 is 0 Å². The van der Waals surface area contributed by atoms with Gasteiger partial charge in [-0.1, -0.05) is 23.4 Å². The van der Waals surface area contributed by atoms with E-state index in [1.165, 1.54) is 11.8 Å². The first kappa shape index (κ1) is 14.8. The van der Waals surface area contributed by atoms with Crippen LogP contribution in [0.3, 0.4) is 0 Å². The lowest BCUT2D eigenvalue weighted by Crippen LogP contribution is -2.29. The van der Waals surface area contributed by atoms with Crippen LogP contribution >= 0.6 is 23.4 Å². The molecule has 0 N–H and O–H groups in total. The number of hydrogen-bond acceptors (Lipinski definition) is 5. The van der Waals surface area contributed by atoms with E-state index in [0.29, 0.717) is 10.2 Å². The van der Waals surface area contributed by atoms with E-state index in [4.69, 9.17) is 11.6 Å². The highest BCUT2D eigenvalue weighted by Gasteiger charge is 2.20. The van der Waals surface area contributed by atoms with Crippen LogP contribution in [-0.4, -0.2) is 50.4 Å². The smallest absolute Gasteiger partial charge is 0.235 e. The topological polar surface area (TPSA) is 63.9 Å². The van der Waals surface area contributed by atoms with E-state index in [1.54, 1.807) is 35.8 Å². The minimum Gasteiger partial charge on any atom is -0.348 e. The summed E-state index contributed by atoms with van der Waals surface area (Å²) in [7, 11) is 3.45. The van der Waals surface area contributed by atoms with E-state index < -0.39 is 0 Å². The summed E-state index contributed by atoms with van der Waals surface area (Å²) in [4.78, 5) is 13.4. The molecule has 1 heterocycles. The maximum atomic E-state index is 11.9. The molecule has 0 spiro atoms. The molecule has 1 unspecified atom stereocenters. The lowest BCUT2D eigenvalue weighted by molar-refractivity contribution is -0.127. The van der Waals surface area contributed by atoms with Crippen LogP contribution in [0.5, 0.6) is 0 Å². The number of hydrogen-bond donors (Lipinski definition) is 0. The van der Waals surface area contributed by atoms with Gasteiger partial charge in [-0.2, -0.15) is 4.68 Å². The van der Waals surface area contributed by atoms with Gasteiger partial charge < -0.3 is 4.90 Å². The normalized spacial score (nSPS) is 12.2. The average molecular weight is 312 g/mol. The minimum absolute atomic E-state index is 0.0145. The van der Waals surface area contributed by atoms with E-state index in [9.17, 15) is 4.79 Å². The zero-order chi connectivity index (χ0) is 14.7. The molecule has 0 aliphatic heterocycles. The molecule has 20 heavy (non-hydrogen) atoms. The van der Waals surface area contributed by atoms with Crippen LogP contribution in [0.25, 0.3) is 5.69 Å². The van der Waals surface area contributed by atoms with Crippen LogP contribution in [0, 0.1) is 0 Å². The van der Waals surface area contributed by atoms with Gasteiger partial charge in [0.15, 0.2) is 0 Å². The van der Waals surface area contributed by atoms with Gasteiger partial charge in [0, 0.05) is 19.1 Å². The highest BCUT2D eigenvalue weighted by atomic mass is 35.5. The highest BCUT2D eigenvalue weighted by molar-refractivity contribution is 8.00. The zero-order valence-corrected chi connectivity index (χ0v) is 12.9. The fourth-order valence-corrected chi connectivity index (χ4v) is 2.65. The number of amides is 1.